The van der Waals surface area contributed by atoms with E-state index in [9.17, 15) is 0 Å². The van der Waals surface area contributed by atoms with Crippen molar-refractivity contribution in [2.45, 2.75) is 43.3 Å². The Bertz CT molecular complexity index is 539. The van der Waals surface area contributed by atoms with Crippen LogP contribution in [-0.2, 0) is 0 Å². The predicted molar refractivity (Wildman–Crippen MR) is 88.3 cm³/mol. The van der Waals surface area contributed by atoms with Crippen molar-refractivity contribution in [2.24, 2.45) is 0 Å². The molecule has 2 aliphatic rings. The second kappa shape index (κ2) is 4.24. The van der Waals surface area contributed by atoms with Crippen molar-refractivity contribution in [1.82, 2.24) is 0 Å². The van der Waals surface area contributed by atoms with Crippen LogP contribution in [0.25, 0.3) is 0 Å². The Morgan fingerprint density at radius 3 is 2.26 bits per heavy atom. The zero-order valence-electron chi connectivity index (χ0n) is 12.4. The highest BCUT2D eigenvalue weighted by Crippen LogP contribution is 2.59. The summed E-state index contributed by atoms with van der Waals surface area (Å²) in [7, 11) is 1.20. The molecule has 0 amide bonds. The third-order valence-electron chi connectivity index (χ3n) is 5.09. The predicted octanol–water partition coefficient (Wildman–Crippen LogP) is 4.13. The highest BCUT2D eigenvalue weighted by molar-refractivity contribution is 6.82. The summed E-state index contributed by atoms with van der Waals surface area (Å²) in [6, 6.07) is 8.90. The highest BCUT2D eigenvalue weighted by atomic mass is 28.3. The molecule has 1 radical (unpaired) electrons. The molecule has 2 heteroatoms. The minimum atomic E-state index is -1.33. The van der Waals surface area contributed by atoms with Gasteiger partial charge in [-0.1, -0.05) is 86.2 Å². The second-order valence-electron chi connectivity index (χ2n) is 7.01. The van der Waals surface area contributed by atoms with Crippen LogP contribution in [0.1, 0.15) is 18.4 Å². The maximum atomic E-state index is 2.53. The lowest BCUT2D eigenvalue weighted by molar-refractivity contribution is 0.619. The summed E-state index contributed by atoms with van der Waals surface area (Å²) in [4.78, 5) is 0. The Morgan fingerprint density at radius 1 is 1.05 bits per heavy atom. The third kappa shape index (κ3) is 1.80. The van der Waals surface area contributed by atoms with E-state index in [1.165, 1.54) is 11.0 Å². The van der Waals surface area contributed by atoms with E-state index in [1.807, 2.05) is 0 Å². The van der Waals surface area contributed by atoms with E-state index < -0.39 is 8.07 Å². The fraction of sp³-hybridized carbons (Fsp3) is 0.412. The number of allylic oxidation sites excluding steroid dienone is 4. The first kappa shape index (κ1) is 13.0. The minimum absolute atomic E-state index is 0.283. The normalized spacial score (nSPS) is 27.4. The van der Waals surface area contributed by atoms with Crippen molar-refractivity contribution in [3.63, 3.8) is 0 Å². The molecular weight excluding hydrogens is 243 g/mol. The van der Waals surface area contributed by atoms with Crippen molar-refractivity contribution in [3.05, 3.63) is 54.1 Å². The van der Waals surface area contributed by atoms with Gasteiger partial charge in [0.2, 0.25) is 0 Å². The first-order valence-electron chi connectivity index (χ1n) is 7.26. The van der Waals surface area contributed by atoms with Gasteiger partial charge >= 0.3 is 0 Å². The van der Waals surface area contributed by atoms with Crippen LogP contribution in [0, 0.1) is 0 Å². The summed E-state index contributed by atoms with van der Waals surface area (Å²) < 4.78 is 0. The average molecular weight is 265 g/mol. The van der Waals surface area contributed by atoms with Crippen LogP contribution in [-0.4, -0.2) is 15.4 Å². The van der Waals surface area contributed by atoms with Crippen molar-refractivity contribution in [1.29, 1.82) is 0 Å². The Balaban J connectivity index is 2.05. The SMILES string of the molecule is CC1c2ccccc2[B]C1C1([Si](C)(C)C)C=CC=C1. The molecular formula is C17H22BSi. The van der Waals surface area contributed by atoms with Gasteiger partial charge in [-0.2, -0.15) is 0 Å². The molecule has 0 spiro atoms. The number of benzene rings is 1. The van der Waals surface area contributed by atoms with Crippen molar-refractivity contribution >= 4 is 20.8 Å². The number of rotatable bonds is 2. The van der Waals surface area contributed by atoms with E-state index in [0.29, 0.717) is 11.7 Å². The quantitative estimate of drug-likeness (QED) is 0.705. The van der Waals surface area contributed by atoms with Gasteiger partial charge in [0.15, 0.2) is 7.28 Å². The average Bonchev–Trinajstić information content (AvgIpc) is 2.95. The molecule has 0 nitrogen and oxygen atoms in total. The molecule has 0 bridgehead atoms. The molecule has 1 aliphatic carbocycles. The van der Waals surface area contributed by atoms with E-state index in [-0.39, 0.29) is 5.04 Å². The number of hydrogen-bond donors (Lipinski definition) is 0. The summed E-state index contributed by atoms with van der Waals surface area (Å²) in [5.41, 5.74) is 2.98. The van der Waals surface area contributed by atoms with Gasteiger partial charge in [-0.25, -0.2) is 0 Å². The fourth-order valence-electron chi connectivity index (χ4n) is 3.87. The molecule has 2 atom stereocenters. The van der Waals surface area contributed by atoms with E-state index in [0.717, 1.165) is 0 Å². The lowest BCUT2D eigenvalue weighted by Gasteiger charge is -2.45. The molecule has 3 rings (SSSR count). The number of hydrogen-bond acceptors (Lipinski definition) is 0. The van der Waals surface area contributed by atoms with E-state index in [2.05, 4.69) is 82.4 Å². The van der Waals surface area contributed by atoms with Gasteiger partial charge in [0.1, 0.15) is 0 Å². The fourth-order valence-corrected chi connectivity index (χ4v) is 6.39. The monoisotopic (exact) mass is 265 g/mol. The summed E-state index contributed by atoms with van der Waals surface area (Å²) >= 11 is 0. The van der Waals surface area contributed by atoms with Gasteiger partial charge in [-0.3, -0.25) is 0 Å². The third-order valence-corrected chi connectivity index (χ3v) is 8.35. The van der Waals surface area contributed by atoms with E-state index in [4.69, 9.17) is 0 Å². The molecule has 1 aromatic carbocycles. The van der Waals surface area contributed by atoms with Crippen molar-refractivity contribution in [2.75, 3.05) is 0 Å². The van der Waals surface area contributed by atoms with Crippen molar-refractivity contribution in [3.8, 4) is 0 Å². The summed E-state index contributed by atoms with van der Waals surface area (Å²) in [6.45, 7) is 9.89. The molecule has 1 aliphatic heterocycles. The Kier molecular flexibility index (Phi) is 2.90. The summed E-state index contributed by atoms with van der Waals surface area (Å²) in [5.74, 6) is 1.24. The van der Waals surface area contributed by atoms with Crippen LogP contribution >= 0.6 is 0 Å². The van der Waals surface area contributed by atoms with Gasteiger partial charge in [0.25, 0.3) is 0 Å². The van der Waals surface area contributed by atoms with Crippen molar-refractivity contribution < 1.29 is 0 Å². The second-order valence-corrected chi connectivity index (χ2v) is 12.4. The molecule has 2 unspecified atom stereocenters. The molecule has 1 aromatic rings. The lowest BCUT2D eigenvalue weighted by Crippen LogP contribution is -2.42. The first-order chi connectivity index (χ1) is 8.96. The summed E-state index contributed by atoms with van der Waals surface area (Å²) in [5, 5.41) is 0.283. The standard InChI is InChI=1S/C17H22BSi/c1-13-14-9-5-6-10-15(14)18-16(13)17(19(2,3)4)11-7-8-12-17/h5-13,16H,1-4H3. The maximum absolute atomic E-state index is 2.53. The van der Waals surface area contributed by atoms with Gasteiger partial charge in [-0.15, -0.1) is 0 Å². The molecule has 0 N–H and O–H groups in total. The molecule has 0 aromatic heterocycles. The Labute approximate surface area is 118 Å². The molecule has 1 heterocycles. The molecule has 19 heavy (non-hydrogen) atoms. The van der Waals surface area contributed by atoms with Gasteiger partial charge < -0.3 is 0 Å². The molecule has 0 fully saturated rings. The van der Waals surface area contributed by atoms with Crippen LogP contribution in [0.3, 0.4) is 0 Å². The van der Waals surface area contributed by atoms with Crippen LogP contribution in [0.2, 0.25) is 30.5 Å². The smallest absolute Gasteiger partial charge is 0.0840 e. The topological polar surface area (TPSA) is 0 Å². The molecule has 0 saturated heterocycles. The highest BCUT2D eigenvalue weighted by Gasteiger charge is 2.50. The Morgan fingerprint density at radius 2 is 1.68 bits per heavy atom. The van der Waals surface area contributed by atoms with Crippen LogP contribution < -0.4 is 5.46 Å². The molecule has 97 valence electrons. The molecule has 0 saturated carbocycles. The van der Waals surface area contributed by atoms with E-state index in [1.54, 1.807) is 0 Å². The van der Waals surface area contributed by atoms with E-state index >= 15 is 0 Å². The largest absolute Gasteiger partial charge is 0.157 e. The maximum Gasteiger partial charge on any atom is 0.157 e. The number of fused-ring (bicyclic) bond motifs is 1. The van der Waals surface area contributed by atoms with Crippen LogP contribution in [0.4, 0.5) is 0 Å². The first-order valence-corrected chi connectivity index (χ1v) is 10.8. The zero-order chi connectivity index (χ0) is 13.7. The van der Waals surface area contributed by atoms with Crippen LogP contribution in [0.5, 0.6) is 0 Å². The lowest BCUT2D eigenvalue weighted by atomic mass is 9.57. The van der Waals surface area contributed by atoms with Gasteiger partial charge in [0.05, 0.1) is 8.07 Å². The zero-order valence-corrected chi connectivity index (χ0v) is 13.4. The summed E-state index contributed by atoms with van der Waals surface area (Å²) in [6.07, 6.45) is 9.45. The van der Waals surface area contributed by atoms with Gasteiger partial charge in [0, 0.05) is 0 Å². The van der Waals surface area contributed by atoms with Crippen LogP contribution in [0.15, 0.2) is 48.6 Å². The van der Waals surface area contributed by atoms with Gasteiger partial charge in [-0.05, 0) is 16.8 Å². The minimum Gasteiger partial charge on any atom is -0.0840 e. The Hall–Kier alpha value is -1.02.